The molecule has 3 aromatic rings. The van der Waals surface area contributed by atoms with Crippen LogP contribution < -0.4 is 4.74 Å². The smallest absolute Gasteiger partial charge is 0.317 e. The van der Waals surface area contributed by atoms with Gasteiger partial charge >= 0.3 is 5.69 Å². The molecule has 3 aliphatic carbocycles. The van der Waals surface area contributed by atoms with Gasteiger partial charge in [0.2, 0.25) is 0 Å². The molecule has 0 aromatic heterocycles. The molecule has 0 saturated heterocycles. The van der Waals surface area contributed by atoms with Gasteiger partial charge in [-0.15, -0.1) is 0 Å². The second-order valence-corrected chi connectivity index (χ2v) is 10.2. The highest BCUT2D eigenvalue weighted by Gasteiger charge is 2.99. The molecule has 6 rings (SSSR count). The van der Waals surface area contributed by atoms with E-state index in [9.17, 15) is 20.2 Å². The number of rotatable bonds is 6. The first-order chi connectivity index (χ1) is 16.3. The van der Waals surface area contributed by atoms with E-state index in [-0.39, 0.29) is 45.4 Å². The number of hydrogen-bond acceptors (Lipinski definition) is 5. The Hall–Kier alpha value is -3.74. The predicted octanol–water partition coefficient (Wildman–Crippen LogP) is 5.82. The summed E-state index contributed by atoms with van der Waals surface area (Å²) in [5.74, 6) is 0.713. The number of ether oxygens (including phenoxy) is 1. The fraction of sp³-hybridized carbons (Fsp3) is 0.333. The second kappa shape index (κ2) is 6.65. The largest absolute Gasteiger partial charge is 0.483 e. The molecule has 3 aromatic carbocycles. The third-order valence-electron chi connectivity index (χ3n) is 8.99. The lowest BCUT2D eigenvalue weighted by molar-refractivity contribution is -0.395. The average molecular weight is 456 g/mol. The molecule has 0 N–H and O–H groups in total. The van der Waals surface area contributed by atoms with Crippen LogP contribution in [0.25, 0.3) is 0 Å². The molecule has 7 heteroatoms. The molecule has 7 nitrogen and oxygen atoms in total. The van der Waals surface area contributed by atoms with Crippen LogP contribution in [0.5, 0.6) is 5.75 Å². The van der Waals surface area contributed by atoms with Gasteiger partial charge in [-0.05, 0) is 34.9 Å². The quantitative estimate of drug-likeness (QED) is 0.344. The Labute approximate surface area is 196 Å². The molecule has 3 aliphatic rings. The van der Waals surface area contributed by atoms with Crippen molar-refractivity contribution in [2.24, 2.45) is 17.3 Å². The normalized spacial score (nSPS) is 31.8. The Morgan fingerprint density at radius 3 is 1.97 bits per heavy atom. The lowest BCUT2D eigenvalue weighted by Crippen LogP contribution is -2.66. The molecule has 0 aliphatic heterocycles. The lowest BCUT2D eigenvalue weighted by Gasteiger charge is -2.62. The van der Waals surface area contributed by atoms with Gasteiger partial charge in [-0.2, -0.15) is 0 Å². The first kappa shape index (κ1) is 20.8. The fourth-order valence-electron chi connectivity index (χ4n) is 8.05. The lowest BCUT2D eigenvalue weighted by atomic mass is 9.43. The SMILES string of the molecule is CC1(C)[C@]2(c3ccccc3)[C@@H]3[C@@H](Oc4ccc([N+](=O)[O-])cc4[N+](=O)[O-])C[C@H]3[C@@]12c1ccccc1. The van der Waals surface area contributed by atoms with Crippen LogP contribution in [0.2, 0.25) is 0 Å². The summed E-state index contributed by atoms with van der Waals surface area (Å²) in [7, 11) is 0. The number of fused-ring (bicyclic) bond motifs is 4. The minimum Gasteiger partial charge on any atom is -0.483 e. The molecule has 0 radical (unpaired) electrons. The number of non-ortho nitro benzene ring substituents is 1. The molecule has 34 heavy (non-hydrogen) atoms. The van der Waals surface area contributed by atoms with Crippen molar-refractivity contribution in [3.05, 3.63) is 110 Å². The van der Waals surface area contributed by atoms with E-state index in [1.807, 2.05) is 12.1 Å². The zero-order valence-corrected chi connectivity index (χ0v) is 18.9. The maximum atomic E-state index is 11.6. The first-order valence-corrected chi connectivity index (χ1v) is 11.5. The van der Waals surface area contributed by atoms with E-state index in [0.717, 1.165) is 12.5 Å². The third kappa shape index (κ3) is 2.18. The Morgan fingerprint density at radius 1 is 0.824 bits per heavy atom. The molecule has 3 fully saturated rings. The summed E-state index contributed by atoms with van der Waals surface area (Å²) in [4.78, 5) is 21.5. The van der Waals surface area contributed by atoms with Crippen LogP contribution in [-0.4, -0.2) is 16.0 Å². The van der Waals surface area contributed by atoms with Gasteiger partial charge in [0, 0.05) is 22.8 Å². The Morgan fingerprint density at radius 2 is 1.41 bits per heavy atom. The topological polar surface area (TPSA) is 95.5 Å². The maximum Gasteiger partial charge on any atom is 0.317 e. The Kier molecular flexibility index (Phi) is 4.08. The van der Waals surface area contributed by atoms with Gasteiger partial charge in [-0.1, -0.05) is 74.5 Å². The van der Waals surface area contributed by atoms with Crippen LogP contribution in [0.1, 0.15) is 31.4 Å². The van der Waals surface area contributed by atoms with E-state index in [2.05, 4.69) is 62.4 Å². The van der Waals surface area contributed by atoms with Crippen LogP contribution in [0.4, 0.5) is 11.4 Å². The molecule has 0 heterocycles. The summed E-state index contributed by atoms with van der Waals surface area (Å²) >= 11 is 0. The molecule has 0 bridgehead atoms. The van der Waals surface area contributed by atoms with Crippen molar-refractivity contribution in [2.45, 2.75) is 37.2 Å². The molecule has 5 atom stereocenters. The van der Waals surface area contributed by atoms with Crippen molar-refractivity contribution in [3.8, 4) is 5.75 Å². The zero-order chi connectivity index (χ0) is 23.9. The molecule has 172 valence electrons. The zero-order valence-electron chi connectivity index (χ0n) is 18.9. The summed E-state index contributed by atoms with van der Waals surface area (Å²) in [5.41, 5.74) is 1.77. The predicted molar refractivity (Wildman–Crippen MR) is 126 cm³/mol. The fourth-order valence-corrected chi connectivity index (χ4v) is 8.05. The second-order valence-electron chi connectivity index (χ2n) is 10.2. The van der Waals surface area contributed by atoms with Crippen molar-refractivity contribution in [3.63, 3.8) is 0 Å². The van der Waals surface area contributed by atoms with E-state index in [4.69, 9.17) is 4.74 Å². The van der Waals surface area contributed by atoms with Gasteiger partial charge in [-0.25, -0.2) is 0 Å². The highest BCUT2D eigenvalue weighted by atomic mass is 16.6. The number of nitro benzene ring substituents is 2. The van der Waals surface area contributed by atoms with Crippen LogP contribution >= 0.6 is 0 Å². The van der Waals surface area contributed by atoms with E-state index in [1.165, 1.54) is 23.3 Å². The van der Waals surface area contributed by atoms with E-state index >= 15 is 0 Å². The van der Waals surface area contributed by atoms with Gasteiger partial charge in [0.05, 0.1) is 15.9 Å². The van der Waals surface area contributed by atoms with Crippen molar-refractivity contribution in [1.82, 2.24) is 0 Å². The number of hydrogen-bond donors (Lipinski definition) is 0. The molecule has 3 saturated carbocycles. The van der Waals surface area contributed by atoms with Crippen LogP contribution in [0, 0.1) is 37.5 Å². The maximum absolute atomic E-state index is 11.6. The number of nitro groups is 2. The highest BCUT2D eigenvalue weighted by Crippen LogP contribution is 2.96. The summed E-state index contributed by atoms with van der Waals surface area (Å²) in [6.45, 7) is 4.66. The van der Waals surface area contributed by atoms with Gasteiger partial charge in [0.25, 0.3) is 5.69 Å². The summed E-state index contributed by atoms with van der Waals surface area (Å²) in [6.07, 6.45) is 0.607. The van der Waals surface area contributed by atoms with Crippen molar-refractivity contribution < 1.29 is 14.6 Å². The number of nitrogens with zero attached hydrogens (tertiary/aromatic N) is 2. The summed E-state index contributed by atoms with van der Waals surface area (Å²) < 4.78 is 6.26. The minimum absolute atomic E-state index is 0.00541. The minimum atomic E-state index is -0.632. The Bertz CT molecular complexity index is 1330. The molecule has 0 unspecified atom stereocenters. The van der Waals surface area contributed by atoms with Crippen molar-refractivity contribution in [2.75, 3.05) is 0 Å². The van der Waals surface area contributed by atoms with E-state index in [1.54, 1.807) is 0 Å². The van der Waals surface area contributed by atoms with Crippen LogP contribution in [0.15, 0.2) is 78.9 Å². The third-order valence-corrected chi connectivity index (χ3v) is 8.99. The standard InChI is InChI=1S/C27H24N2O5/c1-25(2)26(17-9-5-3-6-10-17)20-16-23(24(20)27(25,26)18-11-7-4-8-12-18)34-22-14-13-19(28(30)31)15-21(22)29(32)33/h3-15,20,23-24H,16H2,1-2H3/t20-,23+,24+,26+,27+/m1/s1. The molecular formula is C27H24N2O5. The van der Waals surface area contributed by atoms with Gasteiger partial charge < -0.3 is 4.74 Å². The van der Waals surface area contributed by atoms with E-state index in [0.29, 0.717) is 5.92 Å². The van der Waals surface area contributed by atoms with Crippen molar-refractivity contribution >= 4 is 11.4 Å². The van der Waals surface area contributed by atoms with Gasteiger partial charge in [0.15, 0.2) is 5.75 Å². The first-order valence-electron chi connectivity index (χ1n) is 11.5. The van der Waals surface area contributed by atoms with Gasteiger partial charge in [-0.3, -0.25) is 20.2 Å². The highest BCUT2D eigenvalue weighted by molar-refractivity contribution is 5.66. The number of benzene rings is 3. The molecule has 0 spiro atoms. The summed E-state index contributed by atoms with van der Waals surface area (Å²) in [5, 5.41) is 22.8. The monoisotopic (exact) mass is 456 g/mol. The van der Waals surface area contributed by atoms with E-state index < -0.39 is 9.85 Å². The van der Waals surface area contributed by atoms with Crippen LogP contribution in [-0.2, 0) is 10.8 Å². The van der Waals surface area contributed by atoms with Gasteiger partial charge in [0.1, 0.15) is 6.10 Å². The molecular weight excluding hydrogens is 432 g/mol. The molecule has 0 amide bonds. The van der Waals surface area contributed by atoms with Crippen LogP contribution in [0.3, 0.4) is 0 Å². The summed E-state index contributed by atoms with van der Waals surface area (Å²) in [6, 6.07) is 24.8. The average Bonchev–Trinajstić information content (AvgIpc) is 3.21. The Balaban J connectivity index is 1.41. The van der Waals surface area contributed by atoms with Crippen molar-refractivity contribution in [1.29, 1.82) is 0 Å².